The molecule has 0 N–H and O–H groups in total. The van der Waals surface area contributed by atoms with Crippen LogP contribution in [0.5, 0.6) is 0 Å². The van der Waals surface area contributed by atoms with E-state index in [1.807, 2.05) is 95.6 Å². The second-order valence-electron chi connectivity index (χ2n) is 16.9. The van der Waals surface area contributed by atoms with Crippen LogP contribution in [0.15, 0.2) is 152 Å². The zero-order valence-corrected chi connectivity index (χ0v) is 36.2. The molecule has 11 aromatic rings. The molecule has 67 heavy (non-hydrogen) atoms. The van der Waals surface area contributed by atoms with Crippen LogP contribution in [0.1, 0.15) is 0 Å². The third kappa shape index (κ3) is 6.48. The fourth-order valence-electron chi connectivity index (χ4n) is 9.93. The Hall–Kier alpha value is -6.71. The quantitative estimate of drug-likeness (QED) is 0.224. The maximum Gasteiger partial charge on any atom is 0.115 e. The lowest BCUT2D eigenvalue weighted by Gasteiger charge is -2.25. The summed E-state index contributed by atoms with van der Waals surface area (Å²) in [4.78, 5) is 0. The van der Waals surface area contributed by atoms with Crippen molar-refractivity contribution in [3.63, 3.8) is 0 Å². The van der Waals surface area contributed by atoms with Crippen molar-refractivity contribution in [3.8, 4) is 55.9 Å². The fourth-order valence-corrected chi connectivity index (χ4v) is 9.93. The maximum absolute atomic E-state index is 7.42. The van der Waals surface area contributed by atoms with E-state index in [1.54, 1.807) is 0 Å². The highest BCUT2D eigenvalue weighted by atomic mass is 15.0. The van der Waals surface area contributed by atoms with Crippen LogP contribution >= 0.6 is 0 Å². The molecular weight excluding hydrogens is 796 g/mol. The van der Waals surface area contributed by atoms with Crippen molar-refractivity contribution in [1.29, 1.82) is 0 Å². The van der Waals surface area contributed by atoms with Gasteiger partial charge in [-0.3, -0.25) is 0 Å². The number of benzene rings is 9. The van der Waals surface area contributed by atoms with Gasteiger partial charge in [0.05, 0.1) is 11.0 Å². The maximum atomic E-state index is 7.42. The largest absolute Gasteiger partial charge is 0.310 e. The molecule has 0 fully saturated rings. The number of hydrogen-bond donors (Lipinski definition) is 0. The first-order valence-corrected chi connectivity index (χ1v) is 21.5. The number of nitrogens with zero attached hydrogens (tertiary/aromatic N) is 2. The normalized spacial score (nSPS) is 11.6. The molecule has 0 saturated carbocycles. The number of rotatable bonds is 6. The molecule has 0 bridgehead atoms. The summed E-state index contributed by atoms with van der Waals surface area (Å²) in [7, 11) is 75.8. The Morgan fingerprint density at radius 1 is 0.254 bits per heavy atom. The van der Waals surface area contributed by atoms with E-state index in [2.05, 4.69) is 65.2 Å². The van der Waals surface area contributed by atoms with E-state index in [-0.39, 0.29) is 49.3 Å². The van der Waals surface area contributed by atoms with Gasteiger partial charge in [0, 0.05) is 44.0 Å². The van der Waals surface area contributed by atoms with Crippen LogP contribution < -0.4 is 60.1 Å². The predicted molar refractivity (Wildman–Crippen MR) is 296 cm³/mol. The van der Waals surface area contributed by atoms with E-state index >= 15 is 0 Å². The van der Waals surface area contributed by atoms with E-state index in [0.29, 0.717) is 54.9 Å². The van der Waals surface area contributed by atoms with Crippen LogP contribution in [0, 0.1) is 0 Å². The van der Waals surface area contributed by atoms with E-state index in [1.165, 1.54) is 0 Å². The van der Waals surface area contributed by atoms with E-state index in [0.717, 1.165) is 55.4 Å². The van der Waals surface area contributed by atoms with Crippen LogP contribution in [0.4, 0.5) is 0 Å². The molecular formula is C54H25B11N2. The minimum Gasteiger partial charge on any atom is -0.310 e. The smallest absolute Gasteiger partial charge is 0.115 e. The van der Waals surface area contributed by atoms with Gasteiger partial charge in [-0.25, -0.2) is 0 Å². The first-order valence-electron chi connectivity index (χ1n) is 21.5. The van der Waals surface area contributed by atoms with Gasteiger partial charge in [0.25, 0.3) is 0 Å². The van der Waals surface area contributed by atoms with Gasteiger partial charge in [0.2, 0.25) is 0 Å². The van der Waals surface area contributed by atoms with Crippen molar-refractivity contribution in [2.45, 2.75) is 0 Å². The van der Waals surface area contributed by atoms with Crippen molar-refractivity contribution < 1.29 is 0 Å². The Balaban J connectivity index is 1.24. The molecule has 0 aliphatic carbocycles. The summed E-state index contributed by atoms with van der Waals surface area (Å²) < 4.78 is 4.18. The van der Waals surface area contributed by atoms with Crippen molar-refractivity contribution >= 4 is 190 Å². The summed E-state index contributed by atoms with van der Waals surface area (Å²) in [5.74, 6) is 0. The van der Waals surface area contributed by atoms with Gasteiger partial charge in [-0.1, -0.05) is 147 Å². The van der Waals surface area contributed by atoms with Gasteiger partial charge in [-0.05, 0) is 87.0 Å². The predicted octanol–water partition coefficient (Wildman–Crippen LogP) is 1.28. The van der Waals surface area contributed by atoms with Crippen molar-refractivity contribution in [3.05, 3.63) is 152 Å². The minimum atomic E-state index is 0.0555. The van der Waals surface area contributed by atoms with Crippen LogP contribution in [0.2, 0.25) is 0 Å². The fraction of sp³-hybridized carbons (Fsp3) is 0. The zero-order valence-electron chi connectivity index (χ0n) is 36.2. The van der Waals surface area contributed by atoms with E-state index < -0.39 is 0 Å². The first kappa shape index (κ1) is 42.9. The zero-order chi connectivity index (χ0) is 46.6. The average Bonchev–Trinajstić information content (AvgIpc) is 3.89. The van der Waals surface area contributed by atoms with Gasteiger partial charge in [-0.15, -0.1) is 21.9 Å². The molecule has 9 aromatic carbocycles. The minimum absolute atomic E-state index is 0.0555. The Kier molecular flexibility index (Phi) is 10.4. The summed E-state index contributed by atoms with van der Waals surface area (Å²) in [5, 5.41) is 2.94. The highest BCUT2D eigenvalue weighted by Crippen LogP contribution is 2.39. The Bertz CT molecular complexity index is 3850. The second kappa shape index (κ2) is 16.3. The highest BCUT2D eigenvalue weighted by Gasteiger charge is 2.26. The Morgan fingerprint density at radius 3 is 1.27 bits per heavy atom. The van der Waals surface area contributed by atoms with Crippen LogP contribution in [0.25, 0.3) is 99.5 Å². The lowest BCUT2D eigenvalue weighted by atomic mass is 9.58. The van der Waals surface area contributed by atoms with Crippen molar-refractivity contribution in [2.75, 3.05) is 0 Å². The van der Waals surface area contributed by atoms with Crippen LogP contribution in [-0.2, 0) is 0 Å². The molecule has 0 amide bonds. The second-order valence-corrected chi connectivity index (χ2v) is 16.9. The summed E-state index contributed by atoms with van der Waals surface area (Å²) in [6.45, 7) is 0. The number of aromatic nitrogens is 2. The monoisotopic (exact) mass is 822 g/mol. The van der Waals surface area contributed by atoms with E-state index in [9.17, 15) is 0 Å². The molecule has 0 unspecified atom stereocenters. The number of fused-ring (bicyclic) bond motifs is 6. The third-order valence-electron chi connectivity index (χ3n) is 13.2. The number of para-hydroxylation sites is 1. The molecule has 0 spiro atoms. The van der Waals surface area contributed by atoms with Gasteiger partial charge in [0.1, 0.15) is 86.3 Å². The molecule has 2 heterocycles. The lowest BCUT2D eigenvalue weighted by molar-refractivity contribution is 1.19. The molecule has 2 aromatic heterocycles. The summed E-state index contributed by atoms with van der Waals surface area (Å²) in [5.41, 5.74) is 12.6. The first-order chi connectivity index (χ1) is 32.4. The van der Waals surface area contributed by atoms with Gasteiger partial charge >= 0.3 is 0 Å². The topological polar surface area (TPSA) is 9.86 Å². The molecule has 0 aliphatic heterocycles. The number of hydrogen-bond acceptors (Lipinski definition) is 0. The van der Waals surface area contributed by atoms with Crippen molar-refractivity contribution in [1.82, 2.24) is 9.13 Å². The summed E-state index contributed by atoms with van der Waals surface area (Å²) in [6.07, 6.45) is 0. The third-order valence-corrected chi connectivity index (χ3v) is 13.2. The molecule has 11 rings (SSSR count). The molecule has 22 radical (unpaired) electrons. The molecule has 13 heteroatoms. The molecule has 0 aliphatic rings. The lowest BCUT2D eigenvalue weighted by Crippen LogP contribution is -2.56. The SMILES string of the molecule is [B]c1c([B])c([B])c(-c2c([B])c([B])c([B])c3c2c2cc(-c4c([B])c([B])c5c(c4[B])c4ccccc4n5-c4cccc(-c5ccccc5)c4)ccc2n3-c2cccc(-c3ccccc3)c2)c([B])c1[B]. The summed E-state index contributed by atoms with van der Waals surface area (Å²) >= 11 is 0. The van der Waals surface area contributed by atoms with Gasteiger partial charge < -0.3 is 9.13 Å². The van der Waals surface area contributed by atoms with Crippen LogP contribution in [0.3, 0.4) is 0 Å². The molecule has 0 atom stereocenters. The van der Waals surface area contributed by atoms with Crippen LogP contribution in [-0.4, -0.2) is 95.4 Å². The van der Waals surface area contributed by atoms with Crippen molar-refractivity contribution in [2.24, 2.45) is 0 Å². The molecule has 0 saturated heterocycles. The summed E-state index contributed by atoms with van der Waals surface area (Å²) in [6, 6.07) is 50.8. The standard InChI is InChI=1S/C54H25B11N2/c55-42-37(43(56)51(64)54-39(42)33-19-7-8-20-35(33)66(54)31-17-9-15-28(23-31)26-11-3-1-4-12-26)30-21-22-36-34(25-30)38-40(41-45(58)47(60)50(63)48(61)46(41)59)44(57)49(62)52(65)53(38)67(36)32-18-10-16-29(24-32)27-13-5-2-6-14-27/h1-25H. The Labute approximate surface area is 404 Å². The Morgan fingerprint density at radius 2 is 0.687 bits per heavy atom. The van der Waals surface area contributed by atoms with Gasteiger partial charge in [-0.2, -0.15) is 0 Å². The van der Waals surface area contributed by atoms with E-state index in [4.69, 9.17) is 86.3 Å². The average molecular weight is 821 g/mol. The molecule has 2 nitrogen and oxygen atoms in total. The molecule has 284 valence electrons. The highest BCUT2D eigenvalue weighted by molar-refractivity contribution is 6.70. The van der Waals surface area contributed by atoms with Gasteiger partial charge in [0.15, 0.2) is 0 Å².